The summed E-state index contributed by atoms with van der Waals surface area (Å²) in [5.74, 6) is 1.07. The number of rotatable bonds is 7. The lowest BCUT2D eigenvalue weighted by atomic mass is 10.3. The van der Waals surface area contributed by atoms with Crippen LogP contribution in [0, 0.1) is 10.1 Å². The molecule has 9 nitrogen and oxygen atoms in total. The number of fused-ring (bicyclic) bond motifs is 2. The normalized spacial score (nSPS) is 12.9. The van der Waals surface area contributed by atoms with Gasteiger partial charge in [-0.25, -0.2) is 4.98 Å². The van der Waals surface area contributed by atoms with E-state index in [2.05, 4.69) is 4.98 Å². The number of aromatic nitrogens is 1. The Balaban J connectivity index is 1.60. The number of carbonyl (C=O) groups excluding carboxylic acids is 1. The smallest absolute Gasteiger partial charge is 0.324 e. The number of nitrogens with zero attached hydrogens (tertiary/aromatic N) is 4. The van der Waals surface area contributed by atoms with Crippen molar-refractivity contribution in [2.75, 3.05) is 38.9 Å². The molecule has 30 heavy (non-hydrogen) atoms. The van der Waals surface area contributed by atoms with Crippen molar-refractivity contribution in [3.05, 3.63) is 45.3 Å². The standard InChI is InChI=1S/C19H18N4O5S2/c1-21(2)7-8-22(17(24)5-3-12-4-6-18(29-12)23(25)26)19-20-13-9-14-15(28-11-27-14)10-16(13)30-19/h3-6,9-10H,7-8,11H2,1-2H3. The van der Waals surface area contributed by atoms with Crippen LogP contribution in [0.15, 0.2) is 30.3 Å². The van der Waals surface area contributed by atoms with Crippen molar-refractivity contribution in [3.63, 3.8) is 0 Å². The van der Waals surface area contributed by atoms with Crippen molar-refractivity contribution in [1.29, 1.82) is 0 Å². The third-order valence-corrected chi connectivity index (χ3v) is 6.37. The zero-order valence-corrected chi connectivity index (χ0v) is 17.9. The molecule has 0 bridgehead atoms. The highest BCUT2D eigenvalue weighted by molar-refractivity contribution is 7.22. The van der Waals surface area contributed by atoms with Gasteiger partial charge in [0.1, 0.15) is 0 Å². The van der Waals surface area contributed by atoms with Gasteiger partial charge >= 0.3 is 5.00 Å². The van der Waals surface area contributed by atoms with E-state index in [9.17, 15) is 14.9 Å². The molecule has 0 N–H and O–H groups in total. The Labute approximate surface area is 179 Å². The Kier molecular flexibility index (Phi) is 5.66. The molecule has 0 spiro atoms. The third kappa shape index (κ3) is 4.27. The fourth-order valence-electron chi connectivity index (χ4n) is 2.79. The van der Waals surface area contributed by atoms with Gasteiger partial charge in [0.25, 0.3) is 5.91 Å². The van der Waals surface area contributed by atoms with Crippen LogP contribution in [0.1, 0.15) is 4.88 Å². The van der Waals surface area contributed by atoms with E-state index in [1.54, 1.807) is 17.0 Å². The minimum atomic E-state index is -0.445. The van der Waals surface area contributed by atoms with E-state index in [1.165, 1.54) is 23.5 Å². The molecule has 4 rings (SSSR count). The number of benzene rings is 1. The molecule has 1 aromatic carbocycles. The number of nitro groups is 1. The largest absolute Gasteiger partial charge is 0.454 e. The summed E-state index contributed by atoms with van der Waals surface area (Å²) in [6, 6.07) is 6.73. The zero-order valence-electron chi connectivity index (χ0n) is 16.2. The predicted octanol–water partition coefficient (Wildman–Crippen LogP) is 3.60. The number of likely N-dealkylation sites (N-methyl/N-ethyl adjacent to an activating group) is 1. The number of thiophene rings is 1. The summed E-state index contributed by atoms with van der Waals surface area (Å²) in [5, 5.41) is 11.4. The lowest BCUT2D eigenvalue weighted by Crippen LogP contribution is -2.35. The Morgan fingerprint density at radius 1 is 1.23 bits per heavy atom. The van der Waals surface area contributed by atoms with Crippen LogP contribution in [0.2, 0.25) is 0 Å². The van der Waals surface area contributed by atoms with Gasteiger partial charge in [-0.3, -0.25) is 19.8 Å². The number of hydrogen-bond acceptors (Lipinski definition) is 9. The molecular formula is C19H18N4O5S2. The van der Waals surface area contributed by atoms with Crippen molar-refractivity contribution in [2.45, 2.75) is 0 Å². The van der Waals surface area contributed by atoms with Crippen LogP contribution in [-0.4, -0.2) is 54.7 Å². The van der Waals surface area contributed by atoms with Crippen LogP contribution in [-0.2, 0) is 4.79 Å². The molecule has 0 aliphatic carbocycles. The van der Waals surface area contributed by atoms with Crippen molar-refractivity contribution in [2.24, 2.45) is 0 Å². The molecule has 0 atom stereocenters. The van der Waals surface area contributed by atoms with Crippen molar-refractivity contribution < 1.29 is 19.2 Å². The molecule has 0 unspecified atom stereocenters. The van der Waals surface area contributed by atoms with Crippen molar-refractivity contribution >= 4 is 55.0 Å². The minimum Gasteiger partial charge on any atom is -0.454 e. The van der Waals surface area contributed by atoms with E-state index in [1.807, 2.05) is 31.1 Å². The maximum Gasteiger partial charge on any atom is 0.324 e. The first-order valence-electron chi connectivity index (χ1n) is 8.99. The fourth-order valence-corrected chi connectivity index (χ4v) is 4.53. The number of hydrogen-bond donors (Lipinski definition) is 0. The van der Waals surface area contributed by atoms with Crippen LogP contribution in [0.3, 0.4) is 0 Å². The number of carbonyl (C=O) groups is 1. The van der Waals surface area contributed by atoms with Crippen LogP contribution >= 0.6 is 22.7 Å². The maximum atomic E-state index is 13.0. The van der Waals surface area contributed by atoms with Crippen LogP contribution in [0.4, 0.5) is 10.1 Å². The van der Waals surface area contributed by atoms with E-state index >= 15 is 0 Å². The Bertz CT molecular complexity index is 1100. The topological polar surface area (TPSA) is 98.0 Å². The molecule has 1 aliphatic rings. The summed E-state index contributed by atoms with van der Waals surface area (Å²) < 4.78 is 11.7. The summed E-state index contributed by atoms with van der Waals surface area (Å²) in [6.07, 6.45) is 3.01. The van der Waals surface area contributed by atoms with E-state index in [4.69, 9.17) is 9.47 Å². The number of thiazole rings is 1. The SMILES string of the molecule is CN(C)CCN(C(=O)C=Cc1ccc([N+](=O)[O-])s1)c1nc2cc3c(cc2s1)OCO3. The van der Waals surface area contributed by atoms with E-state index in [0.717, 1.165) is 21.6 Å². The van der Waals surface area contributed by atoms with Crippen LogP contribution < -0.4 is 14.4 Å². The van der Waals surface area contributed by atoms with E-state index in [-0.39, 0.29) is 17.7 Å². The van der Waals surface area contributed by atoms with E-state index in [0.29, 0.717) is 34.6 Å². The number of anilines is 1. The highest BCUT2D eigenvalue weighted by Gasteiger charge is 2.21. The molecule has 0 saturated heterocycles. The van der Waals surface area contributed by atoms with Crippen molar-refractivity contribution in [1.82, 2.24) is 9.88 Å². The molecule has 11 heteroatoms. The molecule has 3 heterocycles. The van der Waals surface area contributed by atoms with Gasteiger partial charge in [-0.05, 0) is 26.2 Å². The molecular weight excluding hydrogens is 428 g/mol. The monoisotopic (exact) mass is 446 g/mol. The summed E-state index contributed by atoms with van der Waals surface area (Å²) in [4.78, 5) is 32.2. The number of amides is 1. The van der Waals surface area contributed by atoms with Crippen molar-refractivity contribution in [3.8, 4) is 11.5 Å². The van der Waals surface area contributed by atoms with Gasteiger partial charge in [0.2, 0.25) is 6.79 Å². The average Bonchev–Trinajstić information content (AvgIpc) is 3.42. The molecule has 0 saturated carbocycles. The minimum absolute atomic E-state index is 0.0372. The maximum absolute atomic E-state index is 13.0. The molecule has 1 amide bonds. The van der Waals surface area contributed by atoms with Gasteiger partial charge in [0.05, 0.1) is 15.1 Å². The fraction of sp³-hybridized carbons (Fsp3) is 0.263. The van der Waals surface area contributed by atoms with Gasteiger partial charge < -0.3 is 14.4 Å². The molecule has 0 fully saturated rings. The summed E-state index contributed by atoms with van der Waals surface area (Å²) in [5.41, 5.74) is 0.736. The van der Waals surface area contributed by atoms with Gasteiger partial charge in [0, 0.05) is 42.2 Å². The van der Waals surface area contributed by atoms with Crippen LogP contribution in [0.5, 0.6) is 11.5 Å². The first-order valence-corrected chi connectivity index (χ1v) is 10.6. The Hall–Kier alpha value is -3.02. The van der Waals surface area contributed by atoms with Gasteiger partial charge in [-0.2, -0.15) is 0 Å². The summed E-state index contributed by atoms with van der Waals surface area (Å²) in [7, 11) is 3.86. The molecule has 156 valence electrons. The van der Waals surface area contributed by atoms with Gasteiger partial charge in [-0.15, -0.1) is 0 Å². The first-order chi connectivity index (χ1) is 14.4. The predicted molar refractivity (Wildman–Crippen MR) is 117 cm³/mol. The molecule has 2 aromatic heterocycles. The quantitative estimate of drug-likeness (QED) is 0.311. The first kappa shape index (κ1) is 20.3. The number of ether oxygens (including phenoxy) is 2. The lowest BCUT2D eigenvalue weighted by molar-refractivity contribution is -0.380. The Morgan fingerprint density at radius 2 is 2.00 bits per heavy atom. The molecule has 1 aliphatic heterocycles. The second kappa shape index (κ2) is 8.38. The Morgan fingerprint density at radius 3 is 2.70 bits per heavy atom. The zero-order chi connectivity index (χ0) is 21.3. The molecule has 0 radical (unpaired) electrons. The highest BCUT2D eigenvalue weighted by atomic mass is 32.1. The second-order valence-corrected chi connectivity index (χ2v) is 8.83. The summed E-state index contributed by atoms with van der Waals surface area (Å²) in [6.45, 7) is 1.30. The second-order valence-electron chi connectivity index (χ2n) is 6.73. The lowest BCUT2D eigenvalue weighted by Gasteiger charge is -2.20. The van der Waals surface area contributed by atoms with Gasteiger partial charge in [-0.1, -0.05) is 22.7 Å². The third-order valence-electron chi connectivity index (χ3n) is 4.32. The molecule has 3 aromatic rings. The van der Waals surface area contributed by atoms with Gasteiger partial charge in [0.15, 0.2) is 16.6 Å². The van der Waals surface area contributed by atoms with E-state index < -0.39 is 4.92 Å². The van der Waals surface area contributed by atoms with Crippen LogP contribution in [0.25, 0.3) is 16.3 Å². The highest BCUT2D eigenvalue weighted by Crippen LogP contribution is 2.39. The average molecular weight is 447 g/mol. The summed E-state index contributed by atoms with van der Waals surface area (Å²) >= 11 is 2.42.